The average molecular weight is 342 g/mol. The highest BCUT2D eigenvalue weighted by Gasteiger charge is 2.30. The largest absolute Gasteiger partial charge is 0.337 e. The van der Waals surface area contributed by atoms with E-state index in [0.717, 1.165) is 32.7 Å². The van der Waals surface area contributed by atoms with Crippen LogP contribution in [0.3, 0.4) is 0 Å². The number of aryl methyl sites for hydroxylation is 1. The van der Waals surface area contributed by atoms with Crippen LogP contribution < -0.4 is 5.32 Å². The summed E-state index contributed by atoms with van der Waals surface area (Å²) < 4.78 is 0. The van der Waals surface area contributed by atoms with Crippen molar-refractivity contribution in [2.75, 3.05) is 32.7 Å². The maximum absolute atomic E-state index is 12.3. The second kappa shape index (κ2) is 8.46. The number of benzene rings is 1. The van der Waals surface area contributed by atoms with Crippen LogP contribution in [0.2, 0.25) is 0 Å². The molecule has 1 aromatic rings. The minimum Gasteiger partial charge on any atom is -0.337 e. The smallest absolute Gasteiger partial charge is 0.235 e. The topological polar surface area (TPSA) is 59.4 Å². The summed E-state index contributed by atoms with van der Waals surface area (Å²) in [6, 6.07) is 10.7. The van der Waals surface area contributed by atoms with E-state index in [1.807, 2.05) is 13.8 Å². The molecule has 1 atom stereocenters. The number of nitrogens with one attached hydrogen (secondary N) is 1. The zero-order valence-corrected chi connectivity index (χ0v) is 15.9. The van der Waals surface area contributed by atoms with Crippen molar-refractivity contribution in [2.45, 2.75) is 39.8 Å². The number of carbonyl (C=O) groups excluding carboxylic acids is 1. The van der Waals surface area contributed by atoms with Gasteiger partial charge in [-0.25, -0.2) is 0 Å². The molecule has 0 spiro atoms. The minimum absolute atomic E-state index is 0.0647. The van der Waals surface area contributed by atoms with Crippen molar-refractivity contribution >= 4 is 5.91 Å². The summed E-state index contributed by atoms with van der Waals surface area (Å²) in [5, 5.41) is 12.2. The van der Waals surface area contributed by atoms with E-state index in [1.165, 1.54) is 11.1 Å². The molecule has 0 radical (unpaired) electrons. The number of hydrogen-bond acceptors (Lipinski definition) is 4. The molecule has 5 nitrogen and oxygen atoms in total. The summed E-state index contributed by atoms with van der Waals surface area (Å²) in [6.07, 6.45) is 0. The van der Waals surface area contributed by atoms with Gasteiger partial charge in [-0.2, -0.15) is 5.26 Å². The lowest BCUT2D eigenvalue weighted by atomic mass is 9.90. The van der Waals surface area contributed by atoms with E-state index in [0.29, 0.717) is 6.54 Å². The first-order valence-corrected chi connectivity index (χ1v) is 9.05. The molecule has 25 heavy (non-hydrogen) atoms. The molecule has 1 amide bonds. The predicted octanol–water partition coefficient (Wildman–Crippen LogP) is 2.17. The van der Waals surface area contributed by atoms with Gasteiger partial charge in [0.1, 0.15) is 5.54 Å². The second-order valence-electron chi connectivity index (χ2n) is 7.50. The summed E-state index contributed by atoms with van der Waals surface area (Å²) in [6.45, 7) is 12.8. The number of amides is 1. The van der Waals surface area contributed by atoms with Gasteiger partial charge in [-0.1, -0.05) is 38.1 Å². The van der Waals surface area contributed by atoms with Gasteiger partial charge in [-0.15, -0.1) is 0 Å². The number of rotatable bonds is 6. The number of hydrogen-bond donors (Lipinski definition) is 1. The van der Waals surface area contributed by atoms with Crippen LogP contribution >= 0.6 is 0 Å². The molecule has 0 saturated carbocycles. The molecule has 136 valence electrons. The molecule has 1 aliphatic rings. The van der Waals surface area contributed by atoms with Crippen molar-refractivity contribution in [1.29, 1.82) is 5.26 Å². The molecule has 0 bridgehead atoms. The Hall–Kier alpha value is -1.90. The van der Waals surface area contributed by atoms with Crippen molar-refractivity contribution in [3.05, 3.63) is 35.4 Å². The van der Waals surface area contributed by atoms with Crippen LogP contribution in [-0.4, -0.2) is 54.0 Å². The second-order valence-corrected chi connectivity index (χ2v) is 7.50. The number of nitriles is 1. The third-order valence-corrected chi connectivity index (χ3v) is 5.27. The lowest BCUT2D eigenvalue weighted by Gasteiger charge is -2.35. The highest BCUT2D eigenvalue weighted by atomic mass is 16.2. The van der Waals surface area contributed by atoms with Gasteiger partial charge < -0.3 is 5.32 Å². The maximum atomic E-state index is 12.3. The van der Waals surface area contributed by atoms with Gasteiger partial charge >= 0.3 is 0 Å². The molecule has 1 aromatic carbocycles. The fourth-order valence-corrected chi connectivity index (χ4v) is 2.97. The van der Waals surface area contributed by atoms with E-state index in [9.17, 15) is 10.1 Å². The van der Waals surface area contributed by atoms with Gasteiger partial charge in [-0.05, 0) is 30.9 Å². The third-order valence-electron chi connectivity index (χ3n) is 5.27. The van der Waals surface area contributed by atoms with Crippen LogP contribution in [0.25, 0.3) is 0 Å². The quantitative estimate of drug-likeness (QED) is 0.861. The summed E-state index contributed by atoms with van der Waals surface area (Å²) in [4.78, 5) is 16.9. The van der Waals surface area contributed by atoms with Crippen molar-refractivity contribution in [3.8, 4) is 6.07 Å². The minimum atomic E-state index is -0.802. The molecule has 0 unspecified atom stereocenters. The first-order valence-electron chi connectivity index (χ1n) is 9.05. The van der Waals surface area contributed by atoms with Gasteiger partial charge in [0.05, 0.1) is 12.6 Å². The van der Waals surface area contributed by atoms with Crippen molar-refractivity contribution < 1.29 is 4.79 Å². The fraction of sp³-hybridized carbons (Fsp3) is 0.600. The molecule has 5 heteroatoms. The summed E-state index contributed by atoms with van der Waals surface area (Å²) in [5.41, 5.74) is 1.90. The van der Waals surface area contributed by atoms with Crippen LogP contribution in [0, 0.1) is 24.2 Å². The van der Waals surface area contributed by atoms with Gasteiger partial charge in [0.25, 0.3) is 0 Å². The average Bonchev–Trinajstić information content (AvgIpc) is 2.58. The predicted molar refractivity (Wildman–Crippen MR) is 99.9 cm³/mol. The Bertz CT molecular complexity index is 629. The van der Waals surface area contributed by atoms with E-state index >= 15 is 0 Å². The van der Waals surface area contributed by atoms with Crippen molar-refractivity contribution in [2.24, 2.45) is 5.92 Å². The monoisotopic (exact) mass is 342 g/mol. The molecule has 1 fully saturated rings. The van der Waals surface area contributed by atoms with Crippen molar-refractivity contribution in [3.63, 3.8) is 0 Å². The lowest BCUT2D eigenvalue weighted by Crippen LogP contribution is -2.54. The van der Waals surface area contributed by atoms with E-state index in [4.69, 9.17) is 0 Å². The molecule has 1 N–H and O–H groups in total. The summed E-state index contributed by atoms with van der Waals surface area (Å²) >= 11 is 0. The molecular formula is C20H30N4O. The number of piperazine rings is 1. The van der Waals surface area contributed by atoms with Gasteiger partial charge in [0.2, 0.25) is 5.91 Å². The molecular weight excluding hydrogens is 312 g/mol. The van der Waals surface area contributed by atoms with Gasteiger partial charge in [0.15, 0.2) is 0 Å². The molecule has 1 saturated heterocycles. The fourth-order valence-electron chi connectivity index (χ4n) is 2.97. The Kier molecular flexibility index (Phi) is 6.57. The third kappa shape index (κ3) is 5.29. The Morgan fingerprint density at radius 3 is 2.40 bits per heavy atom. The van der Waals surface area contributed by atoms with E-state index in [-0.39, 0.29) is 11.8 Å². The van der Waals surface area contributed by atoms with Crippen LogP contribution in [0.1, 0.15) is 31.9 Å². The molecule has 1 heterocycles. The van der Waals surface area contributed by atoms with Crippen LogP contribution in [0.4, 0.5) is 0 Å². The van der Waals surface area contributed by atoms with Crippen LogP contribution in [0.5, 0.6) is 0 Å². The SMILES string of the molecule is Cc1ccccc1CN1CCN(CC(=O)N[C@](C)(C#N)C(C)C)CC1. The highest BCUT2D eigenvalue weighted by molar-refractivity contribution is 5.79. The molecule has 0 aliphatic carbocycles. The van der Waals surface area contributed by atoms with E-state index < -0.39 is 5.54 Å². The Labute approximate surface area is 151 Å². The zero-order chi connectivity index (χ0) is 18.4. The van der Waals surface area contributed by atoms with Gasteiger partial charge in [-0.3, -0.25) is 14.6 Å². The number of nitrogens with zero attached hydrogens (tertiary/aromatic N) is 3. The maximum Gasteiger partial charge on any atom is 0.235 e. The first kappa shape index (κ1) is 19.4. The molecule has 2 rings (SSSR count). The van der Waals surface area contributed by atoms with E-state index in [1.54, 1.807) is 6.92 Å². The number of carbonyl (C=O) groups is 1. The Balaban J connectivity index is 1.80. The first-order chi connectivity index (χ1) is 11.8. The van der Waals surface area contributed by atoms with E-state index in [2.05, 4.69) is 52.4 Å². The summed E-state index contributed by atoms with van der Waals surface area (Å²) in [5.74, 6) is 0.0116. The summed E-state index contributed by atoms with van der Waals surface area (Å²) in [7, 11) is 0. The zero-order valence-electron chi connectivity index (χ0n) is 15.9. The normalized spacial score (nSPS) is 18.6. The Morgan fingerprint density at radius 2 is 1.84 bits per heavy atom. The van der Waals surface area contributed by atoms with Crippen LogP contribution in [0.15, 0.2) is 24.3 Å². The van der Waals surface area contributed by atoms with Gasteiger partial charge in [0, 0.05) is 32.7 Å². The standard InChI is InChI=1S/C20H30N4O/c1-16(2)20(4,15-21)22-19(25)14-24-11-9-23(10-12-24)13-18-8-6-5-7-17(18)3/h5-8,16H,9-14H2,1-4H3,(H,22,25)/t20-/m1/s1. The van der Waals surface area contributed by atoms with Crippen LogP contribution in [-0.2, 0) is 11.3 Å². The molecule has 0 aromatic heterocycles. The van der Waals surface area contributed by atoms with Crippen molar-refractivity contribution in [1.82, 2.24) is 15.1 Å². The lowest BCUT2D eigenvalue weighted by molar-refractivity contribution is -0.124. The Morgan fingerprint density at radius 1 is 1.24 bits per heavy atom. The molecule has 1 aliphatic heterocycles. The highest BCUT2D eigenvalue weighted by Crippen LogP contribution is 2.15.